The van der Waals surface area contributed by atoms with Crippen molar-refractivity contribution in [2.45, 2.75) is 33.2 Å². The zero-order valence-electron chi connectivity index (χ0n) is 10.0. The molecule has 0 bridgehead atoms. The van der Waals surface area contributed by atoms with Crippen LogP contribution in [0, 0.1) is 6.92 Å². The highest BCUT2D eigenvalue weighted by Crippen LogP contribution is 2.12. The Kier molecular flexibility index (Phi) is 3.68. The molecule has 0 aliphatic carbocycles. The van der Waals surface area contributed by atoms with Crippen molar-refractivity contribution in [3.63, 3.8) is 0 Å². The zero-order valence-corrected chi connectivity index (χ0v) is 10.8. The molecule has 0 saturated carbocycles. The van der Waals surface area contributed by atoms with Crippen molar-refractivity contribution in [2.24, 2.45) is 0 Å². The van der Waals surface area contributed by atoms with Gasteiger partial charge in [0.15, 0.2) is 0 Å². The van der Waals surface area contributed by atoms with Crippen molar-refractivity contribution in [2.75, 3.05) is 0 Å². The van der Waals surface area contributed by atoms with Gasteiger partial charge in [0.05, 0.1) is 17.2 Å². The maximum atomic E-state index is 11.6. The number of thiazole rings is 1. The first-order chi connectivity index (χ1) is 8.19. The van der Waals surface area contributed by atoms with Gasteiger partial charge in [0.1, 0.15) is 0 Å². The van der Waals surface area contributed by atoms with Crippen LogP contribution >= 0.6 is 11.3 Å². The molecule has 0 fully saturated rings. The molecule has 2 aromatic heterocycles. The van der Waals surface area contributed by atoms with E-state index in [9.17, 15) is 4.79 Å². The molecule has 0 aliphatic rings. The summed E-state index contributed by atoms with van der Waals surface area (Å²) in [6.45, 7) is 4.45. The normalized spacial score (nSPS) is 10.7. The van der Waals surface area contributed by atoms with Crippen LogP contribution < -0.4 is 5.69 Å². The largest absolute Gasteiger partial charge is 0.348 e. The second-order valence-corrected chi connectivity index (χ2v) is 4.90. The molecule has 17 heavy (non-hydrogen) atoms. The molecule has 0 atom stereocenters. The van der Waals surface area contributed by atoms with Crippen LogP contribution in [-0.4, -0.2) is 14.5 Å². The number of hydrogen-bond donors (Lipinski definition) is 0. The number of aromatic nitrogens is 3. The Bertz CT molecular complexity index is 559. The molecule has 4 nitrogen and oxygen atoms in total. The Balaban J connectivity index is 2.16. The van der Waals surface area contributed by atoms with Gasteiger partial charge in [0, 0.05) is 17.3 Å². The molecule has 0 aromatic carbocycles. The van der Waals surface area contributed by atoms with Crippen LogP contribution in [-0.2, 0) is 13.0 Å². The third-order valence-corrected chi connectivity index (χ3v) is 3.37. The van der Waals surface area contributed by atoms with Gasteiger partial charge in [0.25, 0.3) is 0 Å². The van der Waals surface area contributed by atoms with E-state index < -0.39 is 0 Å². The van der Waals surface area contributed by atoms with Crippen LogP contribution in [0.25, 0.3) is 0 Å². The third-order valence-electron chi connectivity index (χ3n) is 2.41. The van der Waals surface area contributed by atoms with Crippen molar-refractivity contribution in [3.8, 4) is 0 Å². The summed E-state index contributed by atoms with van der Waals surface area (Å²) in [6, 6.07) is 1.83. The van der Waals surface area contributed by atoms with E-state index in [4.69, 9.17) is 0 Å². The fourth-order valence-electron chi connectivity index (χ4n) is 1.56. The fourth-order valence-corrected chi connectivity index (χ4v) is 2.45. The standard InChI is InChI=1S/C12H15N3OS/c1-3-4-11-14-10(8-17-11)7-15-6-5-9(2)13-12(15)16/h5-6,8H,3-4,7H2,1-2H3. The Morgan fingerprint density at radius 1 is 1.41 bits per heavy atom. The molecule has 0 spiro atoms. The van der Waals surface area contributed by atoms with E-state index in [1.54, 1.807) is 22.1 Å². The lowest BCUT2D eigenvalue weighted by Crippen LogP contribution is -2.23. The highest BCUT2D eigenvalue weighted by atomic mass is 32.1. The molecule has 0 unspecified atom stereocenters. The van der Waals surface area contributed by atoms with Crippen LogP contribution in [0.4, 0.5) is 0 Å². The summed E-state index contributed by atoms with van der Waals surface area (Å²) >= 11 is 1.66. The maximum Gasteiger partial charge on any atom is 0.348 e. The average Bonchev–Trinajstić information content (AvgIpc) is 2.71. The summed E-state index contributed by atoms with van der Waals surface area (Å²) in [5.41, 5.74) is 1.47. The van der Waals surface area contributed by atoms with E-state index in [2.05, 4.69) is 16.9 Å². The molecule has 2 rings (SSSR count). The quantitative estimate of drug-likeness (QED) is 0.832. The summed E-state index contributed by atoms with van der Waals surface area (Å²) in [7, 11) is 0. The van der Waals surface area contributed by atoms with Crippen molar-refractivity contribution >= 4 is 11.3 Å². The van der Waals surface area contributed by atoms with Gasteiger partial charge in [-0.3, -0.25) is 4.57 Å². The SMILES string of the molecule is CCCc1nc(Cn2ccc(C)nc2=O)cs1. The summed E-state index contributed by atoms with van der Waals surface area (Å²) in [4.78, 5) is 20.0. The average molecular weight is 249 g/mol. The minimum atomic E-state index is -0.213. The number of nitrogens with zero attached hydrogens (tertiary/aromatic N) is 3. The van der Waals surface area contributed by atoms with Gasteiger partial charge in [-0.15, -0.1) is 11.3 Å². The van der Waals surface area contributed by atoms with Crippen LogP contribution in [0.1, 0.15) is 29.7 Å². The van der Waals surface area contributed by atoms with Crippen LogP contribution in [0.3, 0.4) is 0 Å². The smallest absolute Gasteiger partial charge is 0.293 e. The summed E-state index contributed by atoms with van der Waals surface area (Å²) in [6.07, 6.45) is 3.87. The number of aryl methyl sites for hydroxylation is 2. The second-order valence-electron chi connectivity index (χ2n) is 3.96. The summed E-state index contributed by atoms with van der Waals surface area (Å²) in [5.74, 6) is 0. The Hall–Kier alpha value is -1.49. The van der Waals surface area contributed by atoms with E-state index >= 15 is 0 Å². The third kappa shape index (κ3) is 3.00. The fraction of sp³-hybridized carbons (Fsp3) is 0.417. The minimum absolute atomic E-state index is 0.213. The topological polar surface area (TPSA) is 47.8 Å². The van der Waals surface area contributed by atoms with Crippen molar-refractivity contribution in [3.05, 3.63) is 44.5 Å². The predicted molar refractivity (Wildman–Crippen MR) is 68.4 cm³/mol. The lowest BCUT2D eigenvalue weighted by Gasteiger charge is -2.01. The lowest BCUT2D eigenvalue weighted by atomic mass is 10.3. The monoisotopic (exact) mass is 249 g/mol. The molecule has 90 valence electrons. The van der Waals surface area contributed by atoms with Crippen molar-refractivity contribution in [1.29, 1.82) is 0 Å². The van der Waals surface area contributed by atoms with Crippen LogP contribution in [0.2, 0.25) is 0 Å². The molecule has 2 heterocycles. The molecular formula is C12H15N3OS. The van der Waals surface area contributed by atoms with Gasteiger partial charge in [-0.25, -0.2) is 9.78 Å². The Labute approximate surface area is 104 Å². The van der Waals surface area contributed by atoms with Gasteiger partial charge in [-0.05, 0) is 25.8 Å². The van der Waals surface area contributed by atoms with E-state index in [1.807, 2.05) is 18.4 Å². The molecular weight excluding hydrogens is 234 g/mol. The van der Waals surface area contributed by atoms with Crippen LogP contribution in [0.15, 0.2) is 22.4 Å². The van der Waals surface area contributed by atoms with E-state index in [-0.39, 0.29) is 5.69 Å². The minimum Gasteiger partial charge on any atom is -0.293 e. The lowest BCUT2D eigenvalue weighted by molar-refractivity contribution is 0.705. The van der Waals surface area contributed by atoms with Gasteiger partial charge in [0.2, 0.25) is 0 Å². The predicted octanol–water partition coefficient (Wildman–Crippen LogP) is 2.01. The van der Waals surface area contributed by atoms with E-state index in [1.165, 1.54) is 0 Å². The molecule has 0 aliphatic heterocycles. The van der Waals surface area contributed by atoms with E-state index in [0.717, 1.165) is 29.2 Å². The summed E-state index contributed by atoms with van der Waals surface area (Å²) in [5, 5.41) is 3.15. The van der Waals surface area contributed by atoms with E-state index in [0.29, 0.717) is 6.54 Å². The molecule has 5 heteroatoms. The van der Waals surface area contributed by atoms with Gasteiger partial charge in [-0.1, -0.05) is 6.92 Å². The van der Waals surface area contributed by atoms with Gasteiger partial charge < -0.3 is 0 Å². The van der Waals surface area contributed by atoms with Crippen LogP contribution in [0.5, 0.6) is 0 Å². The zero-order chi connectivity index (χ0) is 12.3. The Morgan fingerprint density at radius 3 is 2.94 bits per heavy atom. The maximum absolute atomic E-state index is 11.6. The molecule has 2 aromatic rings. The highest BCUT2D eigenvalue weighted by molar-refractivity contribution is 7.09. The first-order valence-electron chi connectivity index (χ1n) is 5.66. The first kappa shape index (κ1) is 12.0. The number of rotatable bonds is 4. The highest BCUT2D eigenvalue weighted by Gasteiger charge is 2.04. The first-order valence-corrected chi connectivity index (χ1v) is 6.54. The van der Waals surface area contributed by atoms with Gasteiger partial charge in [-0.2, -0.15) is 4.98 Å². The molecule has 0 amide bonds. The summed E-state index contributed by atoms with van der Waals surface area (Å²) < 4.78 is 1.58. The molecule has 0 N–H and O–H groups in total. The second kappa shape index (κ2) is 5.23. The van der Waals surface area contributed by atoms with Crippen molar-refractivity contribution < 1.29 is 0 Å². The van der Waals surface area contributed by atoms with Gasteiger partial charge >= 0.3 is 5.69 Å². The van der Waals surface area contributed by atoms with Crippen molar-refractivity contribution in [1.82, 2.24) is 14.5 Å². The molecule has 0 radical (unpaired) electrons. The molecule has 0 saturated heterocycles. The number of hydrogen-bond acceptors (Lipinski definition) is 4. The Morgan fingerprint density at radius 2 is 2.24 bits per heavy atom.